The second-order valence-corrected chi connectivity index (χ2v) is 12.1. The number of esters is 1. The van der Waals surface area contributed by atoms with Crippen LogP contribution in [0.15, 0.2) is 87.2 Å². The number of carbonyl (C=O) groups is 2. The van der Waals surface area contributed by atoms with Crippen LogP contribution in [0.3, 0.4) is 0 Å². The molecule has 0 aliphatic heterocycles. The molecule has 0 bridgehead atoms. The fourth-order valence-electron chi connectivity index (χ4n) is 3.84. The number of halogens is 1. The highest BCUT2D eigenvalue weighted by molar-refractivity contribution is 9.10. The quantitative estimate of drug-likeness (QED) is 0.247. The number of benzene rings is 3. The summed E-state index contributed by atoms with van der Waals surface area (Å²) in [6.07, 6.45) is 0. The average Bonchev–Trinajstić information content (AvgIpc) is 3.23. The maximum atomic E-state index is 13.2. The van der Waals surface area contributed by atoms with E-state index in [4.69, 9.17) is 4.74 Å². The van der Waals surface area contributed by atoms with Crippen LogP contribution in [-0.4, -0.2) is 42.3 Å². The van der Waals surface area contributed by atoms with Crippen molar-refractivity contribution in [3.8, 4) is 0 Å². The molecule has 0 spiro atoms. The highest BCUT2D eigenvalue weighted by Crippen LogP contribution is 2.23. The van der Waals surface area contributed by atoms with Gasteiger partial charge in [-0.2, -0.15) is 9.30 Å². The molecule has 4 aromatic rings. The molecule has 0 aliphatic carbocycles. The number of aromatic nitrogens is 1. The van der Waals surface area contributed by atoms with Gasteiger partial charge in [0.15, 0.2) is 4.80 Å². The Balaban J connectivity index is 1.63. The van der Waals surface area contributed by atoms with Crippen molar-refractivity contribution in [2.45, 2.75) is 31.8 Å². The SMILES string of the molecule is CCOC(=O)Cn1c(=NC(=O)c2ccc(S(=O)(=O)N(CC)Cc3ccccc3)cc2)sc2cc(Br)ccc21. The Bertz CT molecular complexity index is 1630. The van der Waals surface area contributed by atoms with Gasteiger partial charge in [0.2, 0.25) is 10.0 Å². The topological polar surface area (TPSA) is 98.0 Å². The number of rotatable bonds is 9. The van der Waals surface area contributed by atoms with Crippen LogP contribution >= 0.6 is 27.3 Å². The predicted molar refractivity (Wildman–Crippen MR) is 150 cm³/mol. The summed E-state index contributed by atoms with van der Waals surface area (Å²) < 4.78 is 36.3. The van der Waals surface area contributed by atoms with Crippen LogP contribution in [0.4, 0.5) is 0 Å². The molecule has 0 fully saturated rings. The van der Waals surface area contributed by atoms with E-state index in [1.165, 1.54) is 39.9 Å². The lowest BCUT2D eigenvalue weighted by Gasteiger charge is -2.20. The number of carbonyl (C=O) groups excluding carboxylic acids is 2. The Kier molecular flexibility index (Phi) is 8.93. The molecule has 0 saturated heterocycles. The van der Waals surface area contributed by atoms with Crippen LogP contribution in [-0.2, 0) is 32.6 Å². The van der Waals surface area contributed by atoms with E-state index >= 15 is 0 Å². The first-order valence-electron chi connectivity index (χ1n) is 11.9. The van der Waals surface area contributed by atoms with Crippen molar-refractivity contribution in [1.82, 2.24) is 8.87 Å². The van der Waals surface area contributed by atoms with Crippen molar-refractivity contribution < 1.29 is 22.7 Å². The molecule has 0 atom stereocenters. The summed E-state index contributed by atoms with van der Waals surface area (Å²) in [6.45, 7) is 4.22. The maximum Gasteiger partial charge on any atom is 0.326 e. The highest BCUT2D eigenvalue weighted by Gasteiger charge is 2.23. The van der Waals surface area contributed by atoms with E-state index in [2.05, 4.69) is 20.9 Å². The normalized spacial score (nSPS) is 12.3. The number of amides is 1. The fraction of sp³-hybridized carbons (Fsp3) is 0.222. The van der Waals surface area contributed by atoms with E-state index in [0.717, 1.165) is 20.3 Å². The second kappa shape index (κ2) is 12.2. The largest absolute Gasteiger partial charge is 0.465 e. The van der Waals surface area contributed by atoms with Gasteiger partial charge in [-0.05, 0) is 55.0 Å². The molecule has 198 valence electrons. The number of nitrogens with zero attached hydrogens (tertiary/aromatic N) is 3. The van der Waals surface area contributed by atoms with Crippen LogP contribution < -0.4 is 4.80 Å². The van der Waals surface area contributed by atoms with Gasteiger partial charge in [0.25, 0.3) is 5.91 Å². The molecule has 3 aromatic carbocycles. The lowest BCUT2D eigenvalue weighted by Crippen LogP contribution is -2.30. The Morgan fingerprint density at radius 3 is 2.39 bits per heavy atom. The Morgan fingerprint density at radius 2 is 1.74 bits per heavy atom. The van der Waals surface area contributed by atoms with Gasteiger partial charge in [0.05, 0.1) is 21.7 Å². The number of thiazole rings is 1. The summed E-state index contributed by atoms with van der Waals surface area (Å²) in [5, 5.41) is 0. The zero-order valence-corrected chi connectivity index (χ0v) is 24.1. The fourth-order valence-corrected chi connectivity index (χ4v) is 6.86. The van der Waals surface area contributed by atoms with E-state index in [9.17, 15) is 18.0 Å². The molecule has 0 N–H and O–H groups in total. The lowest BCUT2D eigenvalue weighted by molar-refractivity contribution is -0.143. The monoisotopic (exact) mass is 615 g/mol. The van der Waals surface area contributed by atoms with E-state index in [1.54, 1.807) is 18.4 Å². The summed E-state index contributed by atoms with van der Waals surface area (Å²) in [7, 11) is -3.76. The summed E-state index contributed by atoms with van der Waals surface area (Å²) in [5.74, 6) is -0.983. The van der Waals surface area contributed by atoms with Crippen LogP contribution in [0.2, 0.25) is 0 Å². The summed E-state index contributed by atoms with van der Waals surface area (Å²) in [6, 6.07) is 20.7. The summed E-state index contributed by atoms with van der Waals surface area (Å²) in [5.41, 5.74) is 1.86. The molecule has 11 heteroatoms. The Morgan fingerprint density at radius 1 is 1.03 bits per heavy atom. The van der Waals surface area contributed by atoms with Gasteiger partial charge >= 0.3 is 5.97 Å². The first-order chi connectivity index (χ1) is 18.2. The second-order valence-electron chi connectivity index (χ2n) is 8.25. The molecule has 0 radical (unpaired) electrons. The Hall–Kier alpha value is -3.12. The Labute approximate surface area is 233 Å². The third kappa shape index (κ3) is 6.29. The predicted octanol–water partition coefficient (Wildman–Crippen LogP) is 4.98. The van der Waals surface area contributed by atoms with Gasteiger partial charge in [-0.3, -0.25) is 9.59 Å². The van der Waals surface area contributed by atoms with Crippen molar-refractivity contribution >= 4 is 59.4 Å². The van der Waals surface area contributed by atoms with Crippen LogP contribution in [0.5, 0.6) is 0 Å². The smallest absolute Gasteiger partial charge is 0.326 e. The van der Waals surface area contributed by atoms with E-state index in [-0.39, 0.29) is 30.2 Å². The molecular weight excluding hydrogens is 590 g/mol. The van der Waals surface area contributed by atoms with E-state index in [0.29, 0.717) is 11.3 Å². The van der Waals surface area contributed by atoms with Crippen molar-refractivity contribution in [3.63, 3.8) is 0 Å². The van der Waals surface area contributed by atoms with E-state index in [1.807, 2.05) is 48.5 Å². The molecule has 0 aliphatic rings. The lowest BCUT2D eigenvalue weighted by atomic mass is 10.2. The van der Waals surface area contributed by atoms with Gasteiger partial charge in [-0.25, -0.2) is 8.42 Å². The number of ether oxygens (including phenoxy) is 1. The van der Waals surface area contributed by atoms with Gasteiger partial charge in [-0.15, -0.1) is 0 Å². The van der Waals surface area contributed by atoms with Crippen molar-refractivity contribution in [2.24, 2.45) is 4.99 Å². The molecule has 1 aromatic heterocycles. The summed E-state index contributed by atoms with van der Waals surface area (Å²) in [4.78, 5) is 30.0. The average molecular weight is 617 g/mol. The van der Waals surface area contributed by atoms with Crippen molar-refractivity contribution in [2.75, 3.05) is 13.2 Å². The third-order valence-corrected chi connectivity index (χ3v) is 9.20. The number of fused-ring (bicyclic) bond motifs is 1. The van der Waals surface area contributed by atoms with Crippen LogP contribution in [0, 0.1) is 0 Å². The maximum absolute atomic E-state index is 13.2. The van der Waals surface area contributed by atoms with Gasteiger partial charge in [0, 0.05) is 23.1 Å². The van der Waals surface area contributed by atoms with Crippen LogP contribution in [0.25, 0.3) is 10.2 Å². The molecule has 0 unspecified atom stereocenters. The number of sulfonamides is 1. The molecule has 4 rings (SSSR count). The highest BCUT2D eigenvalue weighted by atomic mass is 79.9. The minimum absolute atomic E-state index is 0.0902. The van der Waals surface area contributed by atoms with Gasteiger partial charge < -0.3 is 9.30 Å². The van der Waals surface area contributed by atoms with Crippen molar-refractivity contribution in [1.29, 1.82) is 0 Å². The summed E-state index contributed by atoms with van der Waals surface area (Å²) >= 11 is 4.71. The molecule has 1 amide bonds. The standard InChI is InChI=1S/C27H26BrN3O5S2/c1-3-30(17-19-8-6-5-7-9-19)38(34,35)22-13-10-20(11-14-22)26(33)29-27-31(18-25(32)36-4-2)23-15-12-21(28)16-24(23)37-27/h5-16H,3-4,17-18H2,1-2H3. The van der Waals surface area contributed by atoms with Gasteiger partial charge in [0.1, 0.15) is 6.54 Å². The molecule has 38 heavy (non-hydrogen) atoms. The van der Waals surface area contributed by atoms with E-state index < -0.39 is 21.9 Å². The minimum Gasteiger partial charge on any atom is -0.465 e. The zero-order chi connectivity index (χ0) is 27.3. The molecule has 1 heterocycles. The third-order valence-electron chi connectivity index (χ3n) is 5.73. The minimum atomic E-state index is -3.76. The molecule has 0 saturated carbocycles. The zero-order valence-electron chi connectivity index (χ0n) is 20.8. The molecule has 8 nitrogen and oxygen atoms in total. The first kappa shape index (κ1) is 27.9. The van der Waals surface area contributed by atoms with Crippen LogP contribution in [0.1, 0.15) is 29.8 Å². The first-order valence-corrected chi connectivity index (χ1v) is 15.0. The van der Waals surface area contributed by atoms with Crippen molar-refractivity contribution in [3.05, 3.63) is 93.2 Å². The van der Waals surface area contributed by atoms with Gasteiger partial charge in [-0.1, -0.05) is 64.5 Å². The number of hydrogen-bond donors (Lipinski definition) is 0. The molecular formula is C27H26BrN3O5S2. The number of hydrogen-bond acceptors (Lipinski definition) is 6.